The molecule has 0 spiro atoms. The smallest absolute Gasteiger partial charge is 0.371 e. The van der Waals surface area contributed by atoms with Crippen molar-refractivity contribution in [1.29, 1.82) is 0 Å². The highest BCUT2D eigenvalue weighted by Gasteiger charge is 2.50. The van der Waals surface area contributed by atoms with E-state index in [4.69, 9.17) is 0 Å². The molecule has 6 nitrogen and oxygen atoms in total. The van der Waals surface area contributed by atoms with E-state index in [1.54, 1.807) is 11.0 Å². The maximum Gasteiger partial charge on any atom is 0.416 e. The number of anilines is 1. The second-order valence-electron chi connectivity index (χ2n) is 13.4. The molecule has 4 aliphatic rings. The van der Waals surface area contributed by atoms with Crippen molar-refractivity contribution in [3.8, 4) is 0 Å². The van der Waals surface area contributed by atoms with Gasteiger partial charge in [-0.3, -0.25) is 14.5 Å². The van der Waals surface area contributed by atoms with Gasteiger partial charge in [0, 0.05) is 75.9 Å². The van der Waals surface area contributed by atoms with Crippen molar-refractivity contribution in [2.75, 3.05) is 57.3 Å². The number of rotatable bonds is 4. The number of alkyl halides is 4. The Hall–Kier alpha value is -2.36. The van der Waals surface area contributed by atoms with Crippen molar-refractivity contribution in [1.82, 2.24) is 14.7 Å². The van der Waals surface area contributed by atoms with E-state index in [-0.39, 0.29) is 36.2 Å². The molecule has 0 radical (unpaired) electrons. The van der Waals surface area contributed by atoms with Crippen LogP contribution in [0, 0.1) is 5.92 Å². The van der Waals surface area contributed by atoms with Crippen molar-refractivity contribution >= 4 is 17.5 Å². The first-order valence-corrected chi connectivity index (χ1v) is 15.2. The molecule has 10 heteroatoms. The fourth-order valence-electron chi connectivity index (χ4n) is 7.10. The summed E-state index contributed by atoms with van der Waals surface area (Å²) in [5, 5.41) is 0. The summed E-state index contributed by atoms with van der Waals surface area (Å²) in [6, 6.07) is 4.00. The summed E-state index contributed by atoms with van der Waals surface area (Å²) in [6.45, 7) is 10.1. The van der Waals surface area contributed by atoms with E-state index in [2.05, 4.69) is 0 Å². The van der Waals surface area contributed by atoms with Crippen LogP contribution in [0.3, 0.4) is 0 Å². The zero-order valence-corrected chi connectivity index (χ0v) is 24.6. The van der Waals surface area contributed by atoms with Gasteiger partial charge in [0.05, 0.1) is 5.56 Å². The Kier molecular flexibility index (Phi) is 8.36. The second-order valence-corrected chi connectivity index (χ2v) is 13.4. The van der Waals surface area contributed by atoms with E-state index in [0.717, 1.165) is 37.6 Å². The van der Waals surface area contributed by atoms with Crippen LogP contribution in [0.15, 0.2) is 18.2 Å². The monoisotopic (exact) mass is 580 g/mol. The van der Waals surface area contributed by atoms with E-state index in [0.29, 0.717) is 64.1 Å². The molecule has 41 heavy (non-hydrogen) atoms. The lowest BCUT2D eigenvalue weighted by Gasteiger charge is -2.39. The van der Waals surface area contributed by atoms with E-state index in [9.17, 15) is 22.8 Å². The third kappa shape index (κ3) is 6.37. The minimum absolute atomic E-state index is 0.0227. The van der Waals surface area contributed by atoms with Crippen LogP contribution in [0.5, 0.6) is 0 Å². The molecule has 5 rings (SSSR count). The predicted molar refractivity (Wildman–Crippen MR) is 151 cm³/mol. The Labute approximate surface area is 241 Å². The molecule has 2 amide bonds. The van der Waals surface area contributed by atoms with Gasteiger partial charge in [0.15, 0.2) is 0 Å². The summed E-state index contributed by atoms with van der Waals surface area (Å²) < 4.78 is 56.9. The summed E-state index contributed by atoms with van der Waals surface area (Å²) in [6.07, 6.45) is 0.200. The molecule has 0 bridgehead atoms. The molecule has 4 saturated heterocycles. The lowest BCUT2D eigenvalue weighted by Crippen LogP contribution is -2.51. The largest absolute Gasteiger partial charge is 0.416 e. The Morgan fingerprint density at radius 1 is 0.854 bits per heavy atom. The van der Waals surface area contributed by atoms with Gasteiger partial charge in [-0.2, -0.15) is 13.2 Å². The van der Waals surface area contributed by atoms with Crippen LogP contribution in [0.4, 0.5) is 23.2 Å². The first-order chi connectivity index (χ1) is 19.3. The number of carbonyl (C=O) groups excluding carboxylic acids is 2. The molecular formula is C31H44F4N4O2. The highest BCUT2D eigenvalue weighted by Crippen LogP contribution is 2.41. The van der Waals surface area contributed by atoms with Crippen LogP contribution in [-0.4, -0.2) is 90.1 Å². The maximum absolute atomic E-state index is 15.8. The average Bonchev–Trinajstić information content (AvgIpc) is 3.63. The maximum atomic E-state index is 15.8. The molecule has 1 aromatic rings. The Morgan fingerprint density at radius 3 is 2.05 bits per heavy atom. The lowest BCUT2D eigenvalue weighted by molar-refractivity contribution is -0.144. The Morgan fingerprint density at radius 2 is 1.49 bits per heavy atom. The van der Waals surface area contributed by atoms with Gasteiger partial charge in [0.1, 0.15) is 0 Å². The summed E-state index contributed by atoms with van der Waals surface area (Å²) in [5.41, 5.74) is -1.35. The number of benzene rings is 1. The minimum atomic E-state index is -4.45. The van der Waals surface area contributed by atoms with Gasteiger partial charge in [-0.05, 0) is 82.9 Å². The summed E-state index contributed by atoms with van der Waals surface area (Å²) in [7, 11) is 0. The molecule has 228 valence electrons. The van der Waals surface area contributed by atoms with Crippen molar-refractivity contribution in [2.45, 2.75) is 89.0 Å². The fraction of sp³-hybridized carbons (Fsp3) is 0.742. The molecule has 0 saturated carbocycles. The SMILES string of the molecule is CC(C)(C)N1CC[C@](F)(C(=O)N2CCC(c3ccc(C(F)(F)F)cc3N3CCC(C(=O)N4CCCC4)CC3)CC2)C1. The molecule has 1 atom stereocenters. The van der Waals surface area contributed by atoms with Gasteiger partial charge < -0.3 is 14.7 Å². The number of likely N-dealkylation sites (tertiary alicyclic amines) is 3. The van der Waals surface area contributed by atoms with Crippen LogP contribution < -0.4 is 4.90 Å². The van der Waals surface area contributed by atoms with E-state index in [1.807, 2.05) is 35.5 Å². The average molecular weight is 581 g/mol. The van der Waals surface area contributed by atoms with Gasteiger partial charge in [-0.1, -0.05) is 6.07 Å². The third-order valence-electron chi connectivity index (χ3n) is 9.73. The molecule has 0 aliphatic carbocycles. The van der Waals surface area contributed by atoms with E-state index < -0.39 is 23.3 Å². The van der Waals surface area contributed by atoms with Crippen molar-refractivity contribution in [2.24, 2.45) is 5.92 Å². The number of carbonyl (C=O) groups is 2. The molecule has 4 aliphatic heterocycles. The molecular weight excluding hydrogens is 536 g/mol. The minimum Gasteiger partial charge on any atom is -0.371 e. The number of hydrogen-bond acceptors (Lipinski definition) is 4. The normalized spacial score (nSPS) is 25.8. The van der Waals surface area contributed by atoms with Crippen LogP contribution in [0.2, 0.25) is 0 Å². The predicted octanol–water partition coefficient (Wildman–Crippen LogP) is 5.46. The van der Waals surface area contributed by atoms with Gasteiger partial charge in [0.25, 0.3) is 5.91 Å². The second kappa shape index (κ2) is 11.4. The first-order valence-electron chi connectivity index (χ1n) is 15.2. The standard InChI is InChI=1S/C31H44F4N4O2/c1-29(2,3)39-19-12-30(32,21-39)28(41)38-17-8-22(9-18-38)25-7-6-24(31(33,34)35)20-26(25)36-15-10-23(11-16-36)27(40)37-13-4-5-14-37/h6-7,20,22-23H,4-5,8-19,21H2,1-3H3/t30-/m1/s1. The number of hydrogen-bond donors (Lipinski definition) is 0. The van der Waals surface area contributed by atoms with E-state index in [1.165, 1.54) is 6.07 Å². The first kappa shape index (κ1) is 30.1. The quantitative estimate of drug-likeness (QED) is 0.444. The van der Waals surface area contributed by atoms with Crippen LogP contribution in [-0.2, 0) is 15.8 Å². The van der Waals surface area contributed by atoms with Crippen molar-refractivity contribution < 1.29 is 27.2 Å². The van der Waals surface area contributed by atoms with Gasteiger partial charge in [0.2, 0.25) is 11.6 Å². The van der Waals surface area contributed by atoms with Gasteiger partial charge in [-0.15, -0.1) is 0 Å². The number of halogens is 4. The number of amides is 2. The van der Waals surface area contributed by atoms with Gasteiger partial charge in [-0.25, -0.2) is 4.39 Å². The van der Waals surface area contributed by atoms with Crippen LogP contribution in [0.1, 0.15) is 82.8 Å². The zero-order chi connectivity index (χ0) is 29.6. The van der Waals surface area contributed by atoms with Crippen molar-refractivity contribution in [3.63, 3.8) is 0 Å². The topological polar surface area (TPSA) is 47.1 Å². The fourth-order valence-corrected chi connectivity index (χ4v) is 7.10. The Bertz CT molecular complexity index is 1110. The van der Waals surface area contributed by atoms with Crippen LogP contribution in [0.25, 0.3) is 0 Å². The highest BCUT2D eigenvalue weighted by atomic mass is 19.4. The summed E-state index contributed by atoms with van der Waals surface area (Å²) in [5.74, 6) is -0.377. The third-order valence-corrected chi connectivity index (χ3v) is 9.73. The highest BCUT2D eigenvalue weighted by molar-refractivity contribution is 5.86. The number of nitrogens with zero attached hydrogens (tertiary/aromatic N) is 4. The molecule has 0 unspecified atom stereocenters. The van der Waals surface area contributed by atoms with Crippen LogP contribution >= 0.6 is 0 Å². The molecule has 0 N–H and O–H groups in total. The molecule has 4 heterocycles. The van der Waals surface area contributed by atoms with E-state index >= 15 is 4.39 Å². The van der Waals surface area contributed by atoms with Crippen molar-refractivity contribution in [3.05, 3.63) is 29.3 Å². The van der Waals surface area contributed by atoms with Gasteiger partial charge >= 0.3 is 6.18 Å². The molecule has 1 aromatic carbocycles. The summed E-state index contributed by atoms with van der Waals surface area (Å²) >= 11 is 0. The Balaban J connectivity index is 1.27. The summed E-state index contributed by atoms with van der Waals surface area (Å²) in [4.78, 5) is 33.7. The lowest BCUT2D eigenvalue weighted by atomic mass is 9.85. The molecule has 0 aromatic heterocycles. The number of piperidine rings is 2. The molecule has 4 fully saturated rings. The zero-order valence-electron chi connectivity index (χ0n) is 24.6.